The molecule has 0 amide bonds. The fourth-order valence-electron chi connectivity index (χ4n) is 3.03. The first-order chi connectivity index (χ1) is 10.7. The van der Waals surface area contributed by atoms with Crippen LogP contribution < -0.4 is 4.74 Å². The second-order valence-corrected chi connectivity index (χ2v) is 5.67. The molecule has 22 heavy (non-hydrogen) atoms. The van der Waals surface area contributed by atoms with Crippen LogP contribution in [0.2, 0.25) is 0 Å². The normalized spacial score (nSPS) is 25.5. The maximum Gasteiger partial charge on any atom is 0.273 e. The maximum atomic E-state index is 10.8. The van der Waals surface area contributed by atoms with Crippen LogP contribution in [0.15, 0.2) is 24.3 Å². The van der Waals surface area contributed by atoms with E-state index in [-0.39, 0.29) is 11.2 Å². The fraction of sp³-hybridized carbons (Fsp3) is 0.600. The van der Waals surface area contributed by atoms with Crippen molar-refractivity contribution < 1.29 is 19.1 Å². The van der Waals surface area contributed by atoms with Crippen LogP contribution >= 0.6 is 0 Å². The third kappa shape index (κ3) is 3.21. The minimum absolute atomic E-state index is 0.0235. The minimum Gasteiger partial charge on any atom is -0.492 e. The van der Waals surface area contributed by atoms with E-state index in [9.17, 15) is 10.1 Å². The standard InChI is InChI=1S/C15H20N2O5/c18-17(19)13-2-1-3-14(10-13)22-9-6-16-5-8-21-12-15(16)4-7-20-11-15/h1-3,10H,4-9,11-12H2/t15-/m0/s1. The number of hydrogen-bond donors (Lipinski definition) is 0. The highest BCUT2D eigenvalue weighted by Crippen LogP contribution is 2.29. The predicted octanol–water partition coefficient (Wildman–Crippen LogP) is 1.46. The minimum atomic E-state index is -0.417. The summed E-state index contributed by atoms with van der Waals surface area (Å²) in [7, 11) is 0. The number of non-ortho nitro benzene ring substituents is 1. The number of hydrogen-bond acceptors (Lipinski definition) is 6. The van der Waals surface area contributed by atoms with Gasteiger partial charge >= 0.3 is 0 Å². The highest BCUT2D eigenvalue weighted by atomic mass is 16.6. The topological polar surface area (TPSA) is 74.1 Å². The molecular weight excluding hydrogens is 288 g/mol. The van der Waals surface area contributed by atoms with Gasteiger partial charge in [0.15, 0.2) is 0 Å². The van der Waals surface area contributed by atoms with Gasteiger partial charge in [0, 0.05) is 25.8 Å². The van der Waals surface area contributed by atoms with Crippen molar-refractivity contribution in [3.05, 3.63) is 34.4 Å². The Hall–Kier alpha value is -1.70. The highest BCUT2D eigenvalue weighted by molar-refractivity contribution is 5.37. The molecule has 0 N–H and O–H groups in total. The van der Waals surface area contributed by atoms with Gasteiger partial charge in [0.05, 0.1) is 36.3 Å². The molecule has 0 unspecified atom stereocenters. The summed E-state index contributed by atoms with van der Waals surface area (Å²) in [5, 5.41) is 10.8. The molecule has 120 valence electrons. The zero-order valence-corrected chi connectivity index (χ0v) is 12.4. The summed E-state index contributed by atoms with van der Waals surface area (Å²) in [6, 6.07) is 6.28. The second-order valence-electron chi connectivity index (χ2n) is 5.67. The van der Waals surface area contributed by atoms with E-state index in [0.29, 0.717) is 25.6 Å². The first-order valence-corrected chi connectivity index (χ1v) is 7.47. The molecule has 0 bridgehead atoms. The van der Waals surface area contributed by atoms with E-state index in [4.69, 9.17) is 14.2 Å². The van der Waals surface area contributed by atoms with Crippen molar-refractivity contribution in [2.45, 2.75) is 12.0 Å². The molecule has 7 heteroatoms. The summed E-state index contributed by atoms with van der Waals surface area (Å²) >= 11 is 0. The molecule has 7 nitrogen and oxygen atoms in total. The van der Waals surface area contributed by atoms with Crippen molar-refractivity contribution in [2.24, 2.45) is 0 Å². The predicted molar refractivity (Wildman–Crippen MR) is 79.2 cm³/mol. The molecule has 0 radical (unpaired) electrons. The van der Waals surface area contributed by atoms with Gasteiger partial charge in [0.1, 0.15) is 12.4 Å². The Morgan fingerprint density at radius 1 is 1.32 bits per heavy atom. The fourth-order valence-corrected chi connectivity index (χ4v) is 3.03. The Balaban J connectivity index is 1.56. The lowest BCUT2D eigenvalue weighted by molar-refractivity contribution is -0.384. The van der Waals surface area contributed by atoms with E-state index < -0.39 is 4.92 Å². The van der Waals surface area contributed by atoms with E-state index in [1.807, 2.05) is 0 Å². The molecule has 2 saturated heterocycles. The van der Waals surface area contributed by atoms with Gasteiger partial charge in [-0.15, -0.1) is 0 Å². The van der Waals surface area contributed by atoms with E-state index in [1.54, 1.807) is 12.1 Å². The molecule has 2 aliphatic heterocycles. The van der Waals surface area contributed by atoms with E-state index in [2.05, 4.69) is 4.90 Å². The van der Waals surface area contributed by atoms with Crippen LogP contribution in [0.3, 0.4) is 0 Å². The van der Waals surface area contributed by atoms with Crippen molar-refractivity contribution in [2.75, 3.05) is 46.1 Å². The molecule has 2 fully saturated rings. The van der Waals surface area contributed by atoms with Crippen LogP contribution in [0.4, 0.5) is 5.69 Å². The summed E-state index contributed by atoms with van der Waals surface area (Å²) in [5.41, 5.74) is 0.0223. The van der Waals surface area contributed by atoms with Gasteiger partial charge in [-0.2, -0.15) is 0 Å². The first kappa shape index (κ1) is 15.2. The van der Waals surface area contributed by atoms with Gasteiger partial charge in [-0.25, -0.2) is 0 Å². The largest absolute Gasteiger partial charge is 0.492 e. The van der Waals surface area contributed by atoms with Gasteiger partial charge in [-0.3, -0.25) is 15.0 Å². The third-order valence-corrected chi connectivity index (χ3v) is 4.29. The Kier molecular flexibility index (Phi) is 4.56. The van der Waals surface area contributed by atoms with Crippen LogP contribution in [0.25, 0.3) is 0 Å². The molecule has 3 rings (SSSR count). The second kappa shape index (κ2) is 6.60. The smallest absolute Gasteiger partial charge is 0.273 e. The molecule has 2 heterocycles. The zero-order chi connectivity index (χ0) is 15.4. The van der Waals surface area contributed by atoms with Crippen LogP contribution in [0, 0.1) is 10.1 Å². The molecule has 1 aromatic carbocycles. The molecule has 2 aliphatic rings. The third-order valence-electron chi connectivity index (χ3n) is 4.29. The van der Waals surface area contributed by atoms with E-state index in [0.717, 1.165) is 32.7 Å². The molecule has 0 aromatic heterocycles. The van der Waals surface area contributed by atoms with Crippen molar-refractivity contribution >= 4 is 5.69 Å². The van der Waals surface area contributed by atoms with Crippen molar-refractivity contribution in [1.29, 1.82) is 0 Å². The quantitative estimate of drug-likeness (QED) is 0.606. The molecule has 1 aromatic rings. The van der Waals surface area contributed by atoms with Crippen molar-refractivity contribution in [3.8, 4) is 5.75 Å². The van der Waals surface area contributed by atoms with Crippen LogP contribution in [0.5, 0.6) is 5.75 Å². The number of nitrogens with zero attached hydrogens (tertiary/aromatic N) is 2. The van der Waals surface area contributed by atoms with Crippen LogP contribution in [-0.2, 0) is 9.47 Å². The van der Waals surface area contributed by atoms with E-state index in [1.165, 1.54) is 12.1 Å². The molecule has 0 saturated carbocycles. The van der Waals surface area contributed by atoms with Crippen LogP contribution in [-0.4, -0.2) is 61.5 Å². The average molecular weight is 308 g/mol. The number of nitro groups is 1. The number of rotatable bonds is 5. The van der Waals surface area contributed by atoms with Gasteiger partial charge in [0.2, 0.25) is 0 Å². The molecule has 1 spiro atoms. The van der Waals surface area contributed by atoms with Crippen LogP contribution in [0.1, 0.15) is 6.42 Å². The Morgan fingerprint density at radius 2 is 2.14 bits per heavy atom. The number of morpholine rings is 1. The summed E-state index contributed by atoms with van der Waals surface area (Å²) in [5.74, 6) is 0.527. The van der Waals surface area contributed by atoms with Gasteiger partial charge in [-0.05, 0) is 12.5 Å². The Morgan fingerprint density at radius 3 is 2.91 bits per heavy atom. The molecular formula is C15H20N2O5. The van der Waals surface area contributed by atoms with Gasteiger partial charge in [0.25, 0.3) is 5.69 Å². The lowest BCUT2D eigenvalue weighted by Gasteiger charge is -2.43. The Bertz CT molecular complexity index is 530. The van der Waals surface area contributed by atoms with Gasteiger partial charge in [-0.1, -0.05) is 6.07 Å². The zero-order valence-electron chi connectivity index (χ0n) is 12.4. The Labute approximate surface area is 128 Å². The first-order valence-electron chi connectivity index (χ1n) is 7.47. The summed E-state index contributed by atoms with van der Waals surface area (Å²) in [4.78, 5) is 12.7. The van der Waals surface area contributed by atoms with Gasteiger partial charge < -0.3 is 14.2 Å². The summed E-state index contributed by atoms with van der Waals surface area (Å²) in [6.07, 6.45) is 0.976. The van der Waals surface area contributed by atoms with Crippen molar-refractivity contribution in [3.63, 3.8) is 0 Å². The molecule has 0 aliphatic carbocycles. The lowest BCUT2D eigenvalue weighted by Crippen LogP contribution is -2.58. The lowest BCUT2D eigenvalue weighted by atomic mass is 9.96. The van der Waals surface area contributed by atoms with Crippen molar-refractivity contribution in [1.82, 2.24) is 4.90 Å². The summed E-state index contributed by atoms with van der Waals surface area (Å²) < 4.78 is 16.8. The number of nitro benzene ring substituents is 1. The molecule has 1 atom stereocenters. The number of benzene rings is 1. The van der Waals surface area contributed by atoms with E-state index >= 15 is 0 Å². The highest BCUT2D eigenvalue weighted by Gasteiger charge is 2.42. The number of ether oxygens (including phenoxy) is 3. The maximum absolute atomic E-state index is 10.8. The SMILES string of the molecule is O=[N+]([O-])c1cccc(OCCN2CCOC[C@@]23CCOC3)c1. The average Bonchev–Trinajstić information content (AvgIpc) is 2.99. The summed E-state index contributed by atoms with van der Waals surface area (Å²) in [6.45, 7) is 5.00. The monoisotopic (exact) mass is 308 g/mol.